The zero-order valence-electron chi connectivity index (χ0n) is 11.6. The smallest absolute Gasteiger partial charge is 0.220 e. The summed E-state index contributed by atoms with van der Waals surface area (Å²) >= 11 is 0. The van der Waals surface area contributed by atoms with Crippen LogP contribution in [0.5, 0.6) is 11.5 Å². The molecule has 0 bridgehead atoms. The zero-order valence-corrected chi connectivity index (χ0v) is 11.6. The summed E-state index contributed by atoms with van der Waals surface area (Å²) in [7, 11) is 1.65. The molecule has 2 unspecified atom stereocenters. The number of allylic oxidation sites excluding steroid dienone is 1. The number of carbonyl (C=O) groups excluding carboxylic acids is 1. The second kappa shape index (κ2) is 5.57. The minimum absolute atomic E-state index is 0.118. The van der Waals surface area contributed by atoms with Crippen molar-refractivity contribution in [3.05, 3.63) is 35.9 Å². The Morgan fingerprint density at radius 3 is 2.85 bits per heavy atom. The van der Waals surface area contributed by atoms with Gasteiger partial charge in [0.05, 0.1) is 7.11 Å². The summed E-state index contributed by atoms with van der Waals surface area (Å²) in [5.74, 6) is 1.86. The summed E-state index contributed by atoms with van der Waals surface area (Å²) < 4.78 is 11.4. The molecule has 3 rings (SSSR count). The van der Waals surface area contributed by atoms with E-state index in [1.54, 1.807) is 7.11 Å². The van der Waals surface area contributed by atoms with Crippen molar-refractivity contribution in [2.24, 2.45) is 0 Å². The van der Waals surface area contributed by atoms with Crippen LogP contribution in [0.3, 0.4) is 0 Å². The normalized spacial score (nSPS) is 24.8. The van der Waals surface area contributed by atoms with Crippen LogP contribution in [-0.2, 0) is 4.79 Å². The van der Waals surface area contributed by atoms with E-state index in [4.69, 9.17) is 9.47 Å². The average molecular weight is 273 g/mol. The maximum Gasteiger partial charge on any atom is 0.220 e. The van der Waals surface area contributed by atoms with Crippen LogP contribution in [0.25, 0.3) is 0 Å². The summed E-state index contributed by atoms with van der Waals surface area (Å²) in [5, 5.41) is 2.87. The lowest BCUT2D eigenvalue weighted by molar-refractivity contribution is -0.119. The van der Waals surface area contributed by atoms with Gasteiger partial charge in [0, 0.05) is 18.9 Å². The highest BCUT2D eigenvalue weighted by atomic mass is 16.5. The third-order valence-electron chi connectivity index (χ3n) is 3.88. The molecule has 1 saturated heterocycles. The SMILES string of the molecule is COc1ccc(C2CNC(=O)C2)cc1OC1C=CCC1. The molecule has 0 saturated carbocycles. The van der Waals surface area contributed by atoms with E-state index in [9.17, 15) is 4.79 Å². The first-order valence-corrected chi connectivity index (χ1v) is 7.04. The fourth-order valence-electron chi connectivity index (χ4n) is 2.75. The lowest BCUT2D eigenvalue weighted by atomic mass is 9.98. The lowest BCUT2D eigenvalue weighted by Crippen LogP contribution is -2.13. The molecule has 4 nitrogen and oxygen atoms in total. The van der Waals surface area contributed by atoms with Gasteiger partial charge in [0.25, 0.3) is 0 Å². The number of ether oxygens (including phenoxy) is 2. The third kappa shape index (κ3) is 2.64. The number of benzene rings is 1. The van der Waals surface area contributed by atoms with Gasteiger partial charge in [0.15, 0.2) is 11.5 Å². The van der Waals surface area contributed by atoms with Crippen LogP contribution in [0.2, 0.25) is 0 Å². The Labute approximate surface area is 118 Å². The van der Waals surface area contributed by atoms with E-state index in [-0.39, 0.29) is 17.9 Å². The lowest BCUT2D eigenvalue weighted by Gasteiger charge is -2.17. The Morgan fingerprint density at radius 2 is 2.20 bits per heavy atom. The first-order valence-electron chi connectivity index (χ1n) is 7.04. The van der Waals surface area contributed by atoms with Gasteiger partial charge in [-0.15, -0.1) is 0 Å². The number of hydrogen-bond donors (Lipinski definition) is 1. The van der Waals surface area contributed by atoms with E-state index in [1.807, 2.05) is 18.2 Å². The van der Waals surface area contributed by atoms with Gasteiger partial charge in [-0.05, 0) is 36.6 Å². The van der Waals surface area contributed by atoms with Crippen LogP contribution in [0, 0.1) is 0 Å². The molecule has 1 aromatic rings. The third-order valence-corrected chi connectivity index (χ3v) is 3.88. The Bertz CT molecular complexity index is 539. The standard InChI is InChI=1S/C16H19NO3/c1-19-14-7-6-11(12-9-16(18)17-10-12)8-15(14)20-13-4-2-3-5-13/h2,4,6-8,12-13H,3,5,9-10H2,1H3,(H,17,18). The van der Waals surface area contributed by atoms with Crippen molar-refractivity contribution in [3.8, 4) is 11.5 Å². The number of amides is 1. The first-order chi connectivity index (χ1) is 9.76. The highest BCUT2D eigenvalue weighted by Gasteiger charge is 2.24. The van der Waals surface area contributed by atoms with Crippen molar-refractivity contribution in [3.63, 3.8) is 0 Å². The van der Waals surface area contributed by atoms with Crippen molar-refractivity contribution in [2.45, 2.75) is 31.3 Å². The summed E-state index contributed by atoms with van der Waals surface area (Å²) in [5.41, 5.74) is 1.13. The van der Waals surface area contributed by atoms with E-state index < -0.39 is 0 Å². The number of hydrogen-bond acceptors (Lipinski definition) is 3. The van der Waals surface area contributed by atoms with E-state index in [1.165, 1.54) is 0 Å². The largest absolute Gasteiger partial charge is 0.493 e. The van der Waals surface area contributed by atoms with Gasteiger partial charge in [-0.1, -0.05) is 12.1 Å². The number of nitrogens with one attached hydrogen (secondary N) is 1. The van der Waals surface area contributed by atoms with Crippen LogP contribution in [0.15, 0.2) is 30.4 Å². The van der Waals surface area contributed by atoms with Crippen LogP contribution in [-0.4, -0.2) is 25.7 Å². The minimum atomic E-state index is 0.118. The van der Waals surface area contributed by atoms with Gasteiger partial charge in [-0.25, -0.2) is 0 Å². The molecule has 1 N–H and O–H groups in total. The molecule has 1 aliphatic heterocycles. The number of methoxy groups -OCH3 is 1. The molecule has 0 spiro atoms. The highest BCUT2D eigenvalue weighted by Crippen LogP contribution is 2.34. The molecular weight excluding hydrogens is 254 g/mol. The Kier molecular flexibility index (Phi) is 3.63. The van der Waals surface area contributed by atoms with Crippen molar-refractivity contribution in [1.29, 1.82) is 0 Å². The summed E-state index contributed by atoms with van der Waals surface area (Å²) in [6, 6.07) is 5.95. The first kappa shape index (κ1) is 13.0. The van der Waals surface area contributed by atoms with Crippen molar-refractivity contribution < 1.29 is 14.3 Å². The predicted octanol–water partition coefficient (Wildman–Crippen LogP) is 2.40. The topological polar surface area (TPSA) is 47.6 Å². The molecule has 1 aliphatic carbocycles. The fraction of sp³-hybridized carbons (Fsp3) is 0.438. The second-order valence-corrected chi connectivity index (χ2v) is 5.28. The Hall–Kier alpha value is -1.97. The van der Waals surface area contributed by atoms with Crippen molar-refractivity contribution >= 4 is 5.91 Å². The molecule has 4 heteroatoms. The van der Waals surface area contributed by atoms with Gasteiger partial charge in [0.2, 0.25) is 5.91 Å². The molecule has 1 aromatic carbocycles. The van der Waals surface area contributed by atoms with Gasteiger partial charge in [-0.2, -0.15) is 0 Å². The number of carbonyl (C=O) groups is 1. The molecule has 0 aromatic heterocycles. The molecule has 2 atom stereocenters. The van der Waals surface area contributed by atoms with Crippen LogP contribution in [0.1, 0.15) is 30.7 Å². The van der Waals surface area contributed by atoms with Crippen molar-refractivity contribution in [2.75, 3.05) is 13.7 Å². The summed E-state index contributed by atoms with van der Waals surface area (Å²) in [6.07, 6.45) is 6.98. The van der Waals surface area contributed by atoms with E-state index >= 15 is 0 Å². The Morgan fingerprint density at radius 1 is 1.30 bits per heavy atom. The van der Waals surface area contributed by atoms with Gasteiger partial charge in [0.1, 0.15) is 6.10 Å². The van der Waals surface area contributed by atoms with Gasteiger partial charge < -0.3 is 14.8 Å². The molecule has 1 fully saturated rings. The van der Waals surface area contributed by atoms with Crippen molar-refractivity contribution in [1.82, 2.24) is 5.32 Å². The summed E-state index contributed by atoms with van der Waals surface area (Å²) in [4.78, 5) is 11.3. The van der Waals surface area contributed by atoms with E-state index in [2.05, 4.69) is 17.5 Å². The molecule has 20 heavy (non-hydrogen) atoms. The molecular formula is C16H19NO3. The molecule has 2 aliphatic rings. The summed E-state index contributed by atoms with van der Waals surface area (Å²) in [6.45, 7) is 0.702. The molecule has 1 amide bonds. The average Bonchev–Trinajstić information content (AvgIpc) is 3.10. The minimum Gasteiger partial charge on any atom is -0.493 e. The van der Waals surface area contributed by atoms with Crippen LogP contribution in [0.4, 0.5) is 0 Å². The Balaban J connectivity index is 1.82. The monoisotopic (exact) mass is 273 g/mol. The van der Waals surface area contributed by atoms with Crippen LogP contribution >= 0.6 is 0 Å². The highest BCUT2D eigenvalue weighted by molar-refractivity contribution is 5.79. The fourth-order valence-corrected chi connectivity index (χ4v) is 2.75. The predicted molar refractivity (Wildman–Crippen MR) is 76.2 cm³/mol. The van der Waals surface area contributed by atoms with E-state index in [0.29, 0.717) is 13.0 Å². The second-order valence-electron chi connectivity index (χ2n) is 5.28. The quantitative estimate of drug-likeness (QED) is 0.857. The van der Waals surface area contributed by atoms with Gasteiger partial charge >= 0.3 is 0 Å². The maximum absolute atomic E-state index is 11.3. The van der Waals surface area contributed by atoms with Crippen LogP contribution < -0.4 is 14.8 Å². The molecule has 0 radical (unpaired) electrons. The molecule has 106 valence electrons. The zero-order chi connectivity index (χ0) is 13.9. The van der Waals surface area contributed by atoms with E-state index in [0.717, 1.165) is 29.9 Å². The number of rotatable bonds is 4. The van der Waals surface area contributed by atoms with Gasteiger partial charge in [-0.3, -0.25) is 4.79 Å². The molecule has 1 heterocycles. The maximum atomic E-state index is 11.3.